The lowest BCUT2D eigenvalue weighted by atomic mass is 10.2. The first-order valence-electron chi connectivity index (χ1n) is 6.51. The van der Waals surface area contributed by atoms with Gasteiger partial charge in [0.25, 0.3) is 0 Å². The van der Waals surface area contributed by atoms with Crippen molar-refractivity contribution >= 4 is 17.5 Å². The average Bonchev–Trinajstić information content (AvgIpc) is 2.43. The molecule has 0 bridgehead atoms. The lowest BCUT2D eigenvalue weighted by Crippen LogP contribution is -2.35. The van der Waals surface area contributed by atoms with Crippen LogP contribution in [0.3, 0.4) is 0 Å². The van der Waals surface area contributed by atoms with Crippen molar-refractivity contribution in [2.24, 2.45) is 5.73 Å². The van der Waals surface area contributed by atoms with Crippen molar-refractivity contribution in [2.75, 3.05) is 17.2 Å². The highest BCUT2D eigenvalue weighted by atomic mass is 16.1. The van der Waals surface area contributed by atoms with E-state index >= 15 is 0 Å². The third-order valence-corrected chi connectivity index (χ3v) is 3.06. The Kier molecular flexibility index (Phi) is 4.32. The zero-order valence-corrected chi connectivity index (χ0v) is 12.1. The van der Waals surface area contributed by atoms with Crippen LogP contribution in [-0.2, 0) is 11.3 Å². The maximum absolute atomic E-state index is 11.3. The lowest BCUT2D eigenvalue weighted by molar-refractivity contribution is -0.116. The molecule has 0 atom stereocenters. The van der Waals surface area contributed by atoms with Crippen LogP contribution in [0.5, 0.6) is 0 Å². The fourth-order valence-corrected chi connectivity index (χ4v) is 1.81. The van der Waals surface area contributed by atoms with Crippen molar-refractivity contribution < 1.29 is 4.79 Å². The predicted molar refractivity (Wildman–Crippen MR) is 80.4 cm³/mol. The molecule has 0 aliphatic rings. The Morgan fingerprint density at radius 1 is 1.14 bits per heavy atom. The first-order chi connectivity index (χ1) is 9.95. The van der Waals surface area contributed by atoms with Crippen LogP contribution in [0.25, 0.3) is 0 Å². The summed E-state index contributed by atoms with van der Waals surface area (Å²) < 4.78 is 0. The highest BCUT2D eigenvalue weighted by Gasteiger charge is 2.14. The number of carbonyl (C=O) groups excluding carboxylic acids is 1. The van der Waals surface area contributed by atoms with Gasteiger partial charge in [0, 0.05) is 12.2 Å². The summed E-state index contributed by atoms with van der Waals surface area (Å²) in [5.41, 5.74) is 14.2. The lowest BCUT2D eigenvalue weighted by Gasteiger charge is -2.21. The molecule has 0 radical (unpaired) electrons. The Bertz CT molecular complexity index is 640. The average molecular weight is 286 g/mol. The standard InChI is InChI=1S/C14H18N6O/c1-9-10(2)18-19-14(17-9)20(8-13(16)21)7-11-3-5-12(15)6-4-11/h3-6H,7-8,15H2,1-2H3,(H2,16,21). The van der Waals surface area contributed by atoms with Gasteiger partial charge in [-0.3, -0.25) is 4.79 Å². The molecule has 2 rings (SSSR count). The van der Waals surface area contributed by atoms with Crippen LogP contribution in [0.1, 0.15) is 17.0 Å². The van der Waals surface area contributed by atoms with Gasteiger partial charge < -0.3 is 16.4 Å². The molecule has 0 aliphatic carbocycles. The third-order valence-electron chi connectivity index (χ3n) is 3.06. The number of amides is 1. The molecule has 110 valence electrons. The van der Waals surface area contributed by atoms with Crippen LogP contribution in [0, 0.1) is 13.8 Å². The second kappa shape index (κ2) is 6.17. The summed E-state index contributed by atoms with van der Waals surface area (Å²) in [6.07, 6.45) is 0. The molecular formula is C14H18N6O. The molecule has 7 nitrogen and oxygen atoms in total. The molecule has 0 spiro atoms. The van der Waals surface area contributed by atoms with E-state index in [1.54, 1.807) is 17.0 Å². The van der Waals surface area contributed by atoms with Gasteiger partial charge in [-0.05, 0) is 31.5 Å². The van der Waals surface area contributed by atoms with Crippen molar-refractivity contribution in [1.82, 2.24) is 15.2 Å². The molecule has 1 amide bonds. The Morgan fingerprint density at radius 3 is 2.38 bits per heavy atom. The number of hydrogen-bond acceptors (Lipinski definition) is 6. The topological polar surface area (TPSA) is 111 Å². The normalized spacial score (nSPS) is 10.4. The first-order valence-corrected chi connectivity index (χ1v) is 6.51. The summed E-state index contributed by atoms with van der Waals surface area (Å²) >= 11 is 0. The number of nitrogen functional groups attached to an aromatic ring is 1. The highest BCUT2D eigenvalue weighted by Crippen LogP contribution is 2.14. The van der Waals surface area contributed by atoms with Crippen molar-refractivity contribution in [3.05, 3.63) is 41.2 Å². The summed E-state index contributed by atoms with van der Waals surface area (Å²) in [6, 6.07) is 7.38. The Morgan fingerprint density at radius 2 is 1.81 bits per heavy atom. The highest BCUT2D eigenvalue weighted by molar-refractivity contribution is 5.78. The van der Waals surface area contributed by atoms with Gasteiger partial charge in [0.05, 0.1) is 17.9 Å². The monoisotopic (exact) mass is 286 g/mol. The number of rotatable bonds is 5. The number of benzene rings is 1. The molecule has 0 aliphatic heterocycles. The van der Waals surface area contributed by atoms with E-state index in [4.69, 9.17) is 11.5 Å². The van der Waals surface area contributed by atoms with E-state index in [0.717, 1.165) is 17.0 Å². The molecule has 0 saturated heterocycles. The second-order valence-corrected chi connectivity index (χ2v) is 4.85. The summed E-state index contributed by atoms with van der Waals surface area (Å²) in [5.74, 6) is -0.0685. The van der Waals surface area contributed by atoms with E-state index in [1.165, 1.54) is 0 Å². The van der Waals surface area contributed by atoms with E-state index in [9.17, 15) is 4.79 Å². The van der Waals surface area contributed by atoms with Gasteiger partial charge in [0.2, 0.25) is 11.9 Å². The van der Waals surface area contributed by atoms with Crippen molar-refractivity contribution in [3.63, 3.8) is 0 Å². The molecule has 4 N–H and O–H groups in total. The number of anilines is 2. The minimum Gasteiger partial charge on any atom is -0.399 e. The molecule has 2 aromatic rings. The SMILES string of the molecule is Cc1nnc(N(CC(N)=O)Cc2ccc(N)cc2)nc1C. The largest absolute Gasteiger partial charge is 0.399 e. The van der Waals surface area contributed by atoms with Crippen LogP contribution < -0.4 is 16.4 Å². The molecule has 7 heteroatoms. The van der Waals surface area contributed by atoms with Crippen molar-refractivity contribution in [2.45, 2.75) is 20.4 Å². The van der Waals surface area contributed by atoms with Gasteiger partial charge in [0.15, 0.2) is 0 Å². The summed E-state index contributed by atoms with van der Waals surface area (Å²) in [6.45, 7) is 4.15. The zero-order valence-electron chi connectivity index (χ0n) is 12.1. The van der Waals surface area contributed by atoms with E-state index in [2.05, 4.69) is 15.2 Å². The summed E-state index contributed by atoms with van der Waals surface area (Å²) in [7, 11) is 0. The van der Waals surface area contributed by atoms with Crippen LogP contribution in [0.15, 0.2) is 24.3 Å². The quantitative estimate of drug-likeness (QED) is 0.777. The maximum Gasteiger partial charge on any atom is 0.246 e. The second-order valence-electron chi connectivity index (χ2n) is 4.85. The number of nitrogens with zero attached hydrogens (tertiary/aromatic N) is 4. The molecular weight excluding hydrogens is 268 g/mol. The fourth-order valence-electron chi connectivity index (χ4n) is 1.81. The number of nitrogens with two attached hydrogens (primary N) is 2. The van der Waals surface area contributed by atoms with Gasteiger partial charge in [0.1, 0.15) is 0 Å². The molecule has 1 heterocycles. The van der Waals surface area contributed by atoms with Crippen LogP contribution in [-0.4, -0.2) is 27.6 Å². The number of primary amides is 1. The number of aromatic nitrogens is 3. The Hall–Kier alpha value is -2.70. The number of aryl methyl sites for hydroxylation is 2. The minimum atomic E-state index is -0.452. The van der Waals surface area contributed by atoms with Gasteiger partial charge in [-0.2, -0.15) is 5.10 Å². The molecule has 1 aromatic heterocycles. The summed E-state index contributed by atoms with van der Waals surface area (Å²) in [5, 5.41) is 8.07. The van der Waals surface area contributed by atoms with Gasteiger partial charge in [-0.25, -0.2) is 4.98 Å². The van der Waals surface area contributed by atoms with E-state index < -0.39 is 5.91 Å². The fraction of sp³-hybridized carbons (Fsp3) is 0.286. The smallest absolute Gasteiger partial charge is 0.246 e. The van der Waals surface area contributed by atoms with Crippen molar-refractivity contribution in [1.29, 1.82) is 0 Å². The van der Waals surface area contributed by atoms with Crippen LogP contribution >= 0.6 is 0 Å². The van der Waals surface area contributed by atoms with E-state index in [0.29, 0.717) is 18.2 Å². The molecule has 0 unspecified atom stereocenters. The maximum atomic E-state index is 11.3. The third kappa shape index (κ3) is 3.88. The van der Waals surface area contributed by atoms with E-state index in [1.807, 2.05) is 26.0 Å². The van der Waals surface area contributed by atoms with Crippen LogP contribution in [0.2, 0.25) is 0 Å². The molecule has 1 aromatic carbocycles. The number of hydrogen-bond donors (Lipinski definition) is 2. The molecule has 0 fully saturated rings. The Balaban J connectivity index is 2.26. The zero-order chi connectivity index (χ0) is 15.4. The molecule has 21 heavy (non-hydrogen) atoms. The van der Waals surface area contributed by atoms with E-state index in [-0.39, 0.29) is 6.54 Å². The predicted octanol–water partition coefficient (Wildman–Crippen LogP) is 0.563. The number of carbonyl (C=O) groups is 1. The van der Waals surface area contributed by atoms with Gasteiger partial charge >= 0.3 is 0 Å². The van der Waals surface area contributed by atoms with Gasteiger partial charge in [-0.15, -0.1) is 5.10 Å². The first kappa shape index (κ1) is 14.7. The van der Waals surface area contributed by atoms with Gasteiger partial charge in [-0.1, -0.05) is 12.1 Å². The minimum absolute atomic E-state index is 0.0224. The van der Waals surface area contributed by atoms with Crippen LogP contribution in [0.4, 0.5) is 11.6 Å². The molecule has 0 saturated carbocycles. The van der Waals surface area contributed by atoms with Crippen molar-refractivity contribution in [3.8, 4) is 0 Å². The summed E-state index contributed by atoms with van der Waals surface area (Å²) in [4.78, 5) is 17.3. The Labute approximate surface area is 123 Å².